The molecular weight excluding hydrogens is 309 g/mol. The lowest BCUT2D eigenvalue weighted by atomic mass is 10.2. The van der Waals surface area contributed by atoms with Crippen LogP contribution < -0.4 is 10.2 Å². The minimum atomic E-state index is 0.0391. The number of unbranched alkanes of at least 4 members (excludes halogenated alkanes) is 1. The number of carbonyl (C=O) groups excluding carboxylic acids is 1. The lowest BCUT2D eigenvalue weighted by Crippen LogP contribution is -2.52. The number of anilines is 1. The third-order valence-electron chi connectivity index (χ3n) is 3.64. The maximum atomic E-state index is 12.0. The molecule has 1 aromatic rings. The number of benzene rings is 1. The van der Waals surface area contributed by atoms with Gasteiger partial charge >= 0.3 is 6.03 Å². The Bertz CT molecular complexity index is 488. The molecule has 6 heteroatoms. The lowest BCUT2D eigenvalue weighted by Gasteiger charge is -2.36. The fourth-order valence-electron chi connectivity index (χ4n) is 2.33. The molecular formula is C15H21Cl2N3O. The minimum absolute atomic E-state index is 0.0391. The molecule has 1 aliphatic rings. The van der Waals surface area contributed by atoms with Gasteiger partial charge in [-0.25, -0.2) is 4.79 Å². The summed E-state index contributed by atoms with van der Waals surface area (Å²) >= 11 is 12.0. The van der Waals surface area contributed by atoms with Crippen molar-refractivity contribution in [1.82, 2.24) is 10.2 Å². The Hall–Kier alpha value is -1.13. The van der Waals surface area contributed by atoms with E-state index in [2.05, 4.69) is 17.1 Å². The molecule has 1 aromatic carbocycles. The van der Waals surface area contributed by atoms with Gasteiger partial charge in [0.1, 0.15) is 0 Å². The summed E-state index contributed by atoms with van der Waals surface area (Å²) in [6.07, 6.45) is 2.11. The number of nitrogens with zero attached hydrogens (tertiary/aromatic N) is 2. The minimum Gasteiger partial charge on any atom is -0.368 e. The first-order valence-electron chi connectivity index (χ1n) is 7.34. The Balaban J connectivity index is 1.85. The van der Waals surface area contributed by atoms with Crippen molar-refractivity contribution in [2.75, 3.05) is 37.6 Å². The van der Waals surface area contributed by atoms with Gasteiger partial charge in [0.2, 0.25) is 0 Å². The standard InChI is InChI=1S/C15H21Cl2N3O/c1-2-3-6-18-15(21)20-9-7-19(8-10-20)12-4-5-13(16)14(17)11-12/h4-5,11H,2-3,6-10H2,1H3,(H,18,21). The average molecular weight is 330 g/mol. The summed E-state index contributed by atoms with van der Waals surface area (Å²) in [7, 11) is 0. The zero-order valence-corrected chi connectivity index (χ0v) is 13.8. The summed E-state index contributed by atoms with van der Waals surface area (Å²) in [5.74, 6) is 0. The number of halogens is 2. The number of rotatable bonds is 4. The number of urea groups is 1. The Morgan fingerprint density at radius 1 is 1.19 bits per heavy atom. The van der Waals surface area contributed by atoms with Crippen molar-refractivity contribution in [3.8, 4) is 0 Å². The van der Waals surface area contributed by atoms with E-state index in [1.54, 1.807) is 0 Å². The lowest BCUT2D eigenvalue weighted by molar-refractivity contribution is 0.194. The van der Waals surface area contributed by atoms with Crippen LogP contribution in [-0.4, -0.2) is 43.7 Å². The van der Waals surface area contributed by atoms with Crippen molar-refractivity contribution in [2.24, 2.45) is 0 Å². The molecule has 2 amide bonds. The molecule has 0 unspecified atom stereocenters. The molecule has 0 saturated carbocycles. The summed E-state index contributed by atoms with van der Waals surface area (Å²) < 4.78 is 0. The van der Waals surface area contributed by atoms with E-state index >= 15 is 0 Å². The third-order valence-corrected chi connectivity index (χ3v) is 4.38. The van der Waals surface area contributed by atoms with Gasteiger partial charge in [-0.05, 0) is 24.6 Å². The maximum absolute atomic E-state index is 12.0. The third kappa shape index (κ3) is 4.42. The van der Waals surface area contributed by atoms with Gasteiger partial charge in [0.15, 0.2) is 0 Å². The van der Waals surface area contributed by atoms with Crippen molar-refractivity contribution < 1.29 is 4.79 Å². The van der Waals surface area contributed by atoms with Gasteiger partial charge in [-0.15, -0.1) is 0 Å². The van der Waals surface area contributed by atoms with Crippen LogP contribution in [0.4, 0.5) is 10.5 Å². The Labute approximate surface area is 136 Å². The molecule has 1 aliphatic heterocycles. The second kappa shape index (κ2) is 7.76. The fourth-order valence-corrected chi connectivity index (χ4v) is 2.63. The zero-order chi connectivity index (χ0) is 15.2. The summed E-state index contributed by atoms with van der Waals surface area (Å²) in [5, 5.41) is 4.08. The van der Waals surface area contributed by atoms with Gasteiger partial charge in [0, 0.05) is 38.4 Å². The summed E-state index contributed by atoms with van der Waals surface area (Å²) in [6.45, 7) is 5.92. The topological polar surface area (TPSA) is 35.6 Å². The molecule has 0 radical (unpaired) electrons. The predicted molar refractivity (Wildman–Crippen MR) is 88.6 cm³/mol. The van der Waals surface area contributed by atoms with Crippen molar-refractivity contribution in [3.05, 3.63) is 28.2 Å². The quantitative estimate of drug-likeness (QED) is 0.856. The summed E-state index contributed by atoms with van der Waals surface area (Å²) in [4.78, 5) is 16.1. The molecule has 4 nitrogen and oxygen atoms in total. The van der Waals surface area contributed by atoms with Crippen LogP contribution >= 0.6 is 23.2 Å². The second-order valence-corrected chi connectivity index (χ2v) is 5.97. The molecule has 21 heavy (non-hydrogen) atoms. The van der Waals surface area contributed by atoms with E-state index in [-0.39, 0.29) is 6.03 Å². The highest BCUT2D eigenvalue weighted by atomic mass is 35.5. The average Bonchev–Trinajstić information content (AvgIpc) is 2.50. The van der Waals surface area contributed by atoms with Crippen molar-refractivity contribution in [1.29, 1.82) is 0 Å². The number of nitrogens with one attached hydrogen (secondary N) is 1. The molecule has 1 heterocycles. The highest BCUT2D eigenvalue weighted by Gasteiger charge is 2.21. The Morgan fingerprint density at radius 2 is 1.90 bits per heavy atom. The van der Waals surface area contributed by atoms with E-state index in [0.717, 1.165) is 51.3 Å². The van der Waals surface area contributed by atoms with Crippen LogP contribution in [0, 0.1) is 0 Å². The summed E-state index contributed by atoms with van der Waals surface area (Å²) in [5.41, 5.74) is 1.05. The van der Waals surface area contributed by atoms with Crippen LogP contribution in [0.25, 0.3) is 0 Å². The monoisotopic (exact) mass is 329 g/mol. The van der Waals surface area contributed by atoms with Crippen molar-refractivity contribution in [2.45, 2.75) is 19.8 Å². The maximum Gasteiger partial charge on any atom is 0.317 e. The van der Waals surface area contributed by atoms with Gasteiger partial charge in [-0.3, -0.25) is 0 Å². The van der Waals surface area contributed by atoms with Crippen molar-refractivity contribution >= 4 is 34.9 Å². The Morgan fingerprint density at radius 3 is 2.52 bits per heavy atom. The van der Waals surface area contributed by atoms with Gasteiger partial charge < -0.3 is 15.1 Å². The van der Waals surface area contributed by atoms with E-state index in [1.807, 2.05) is 23.1 Å². The van der Waals surface area contributed by atoms with E-state index in [0.29, 0.717) is 10.0 Å². The highest BCUT2D eigenvalue weighted by Crippen LogP contribution is 2.27. The fraction of sp³-hybridized carbons (Fsp3) is 0.533. The van der Waals surface area contributed by atoms with E-state index in [4.69, 9.17) is 23.2 Å². The first-order valence-corrected chi connectivity index (χ1v) is 8.10. The van der Waals surface area contributed by atoms with Gasteiger partial charge in [-0.1, -0.05) is 36.5 Å². The van der Waals surface area contributed by atoms with Crippen LogP contribution in [0.5, 0.6) is 0 Å². The van der Waals surface area contributed by atoms with Crippen LogP contribution in [0.15, 0.2) is 18.2 Å². The van der Waals surface area contributed by atoms with Crippen LogP contribution in [0.3, 0.4) is 0 Å². The normalized spacial score (nSPS) is 15.2. The first kappa shape index (κ1) is 16.2. The van der Waals surface area contributed by atoms with E-state index < -0.39 is 0 Å². The molecule has 1 N–H and O–H groups in total. The van der Waals surface area contributed by atoms with Crippen LogP contribution in [-0.2, 0) is 0 Å². The molecule has 1 saturated heterocycles. The van der Waals surface area contributed by atoms with Gasteiger partial charge in [-0.2, -0.15) is 0 Å². The Kier molecular flexibility index (Phi) is 6.00. The SMILES string of the molecule is CCCCNC(=O)N1CCN(c2ccc(Cl)c(Cl)c2)CC1. The molecule has 0 spiro atoms. The van der Waals surface area contributed by atoms with E-state index in [1.165, 1.54) is 0 Å². The number of amides is 2. The molecule has 116 valence electrons. The predicted octanol–water partition coefficient (Wildman–Crippen LogP) is 3.63. The molecule has 1 fully saturated rings. The second-order valence-electron chi connectivity index (χ2n) is 5.16. The molecule has 0 bridgehead atoms. The first-order chi connectivity index (χ1) is 10.1. The largest absolute Gasteiger partial charge is 0.368 e. The van der Waals surface area contributed by atoms with Crippen LogP contribution in [0.2, 0.25) is 10.0 Å². The zero-order valence-electron chi connectivity index (χ0n) is 12.2. The highest BCUT2D eigenvalue weighted by molar-refractivity contribution is 6.42. The molecule has 2 rings (SSSR count). The van der Waals surface area contributed by atoms with Crippen LogP contribution in [0.1, 0.15) is 19.8 Å². The molecule has 0 aliphatic carbocycles. The van der Waals surface area contributed by atoms with Gasteiger partial charge in [0.25, 0.3) is 0 Å². The van der Waals surface area contributed by atoms with Gasteiger partial charge in [0.05, 0.1) is 10.0 Å². The summed E-state index contributed by atoms with van der Waals surface area (Å²) in [6, 6.07) is 5.69. The van der Waals surface area contributed by atoms with E-state index in [9.17, 15) is 4.79 Å². The molecule has 0 aromatic heterocycles. The number of hydrogen-bond acceptors (Lipinski definition) is 2. The number of carbonyl (C=O) groups is 1. The number of hydrogen-bond donors (Lipinski definition) is 1. The number of piperazine rings is 1. The molecule has 0 atom stereocenters. The smallest absolute Gasteiger partial charge is 0.317 e. The van der Waals surface area contributed by atoms with Crippen molar-refractivity contribution in [3.63, 3.8) is 0 Å².